The van der Waals surface area contributed by atoms with Crippen LogP contribution in [0.3, 0.4) is 0 Å². The fourth-order valence-electron chi connectivity index (χ4n) is 1.67. The molecule has 4 nitrogen and oxygen atoms in total. The number of likely N-dealkylation sites (N-methyl/N-ethyl adjacent to an activating group) is 3. The third kappa shape index (κ3) is 6.80. The summed E-state index contributed by atoms with van der Waals surface area (Å²) in [5.74, 6) is 0.672. The number of amidine groups is 1. The van der Waals surface area contributed by atoms with E-state index < -0.39 is 0 Å². The molecule has 0 amide bonds. The highest BCUT2D eigenvalue weighted by Gasteiger charge is 2.06. The second-order valence-corrected chi connectivity index (χ2v) is 3.95. The lowest BCUT2D eigenvalue weighted by atomic mass is 10.4. The van der Waals surface area contributed by atoms with Crippen molar-refractivity contribution in [2.75, 3.05) is 45.8 Å². The maximum Gasteiger partial charge on any atom is 0.0926 e. The second-order valence-electron chi connectivity index (χ2n) is 3.95. The molecule has 0 aromatic heterocycles. The van der Waals surface area contributed by atoms with Crippen LogP contribution >= 0.6 is 0 Å². The van der Waals surface area contributed by atoms with E-state index in [0.29, 0.717) is 5.84 Å². The van der Waals surface area contributed by atoms with E-state index in [1.807, 2.05) is 6.92 Å². The molecule has 0 aliphatic heterocycles. The Balaban J connectivity index is 3.79. The number of hydrogen-bond donors (Lipinski definition) is 2. The molecule has 0 atom stereocenters. The molecule has 0 rings (SSSR count). The zero-order chi connectivity index (χ0) is 12.4. The molecule has 0 fully saturated rings. The zero-order valence-corrected chi connectivity index (χ0v) is 11.3. The number of nitrogens with zero attached hydrogens (tertiary/aromatic N) is 2. The largest absolute Gasteiger partial charge is 0.360 e. The molecule has 0 heterocycles. The van der Waals surface area contributed by atoms with Crippen LogP contribution in [0, 0.1) is 5.41 Å². The third-order valence-electron chi connectivity index (χ3n) is 2.84. The summed E-state index contributed by atoms with van der Waals surface area (Å²) in [5, 5.41) is 11.0. The Labute approximate surface area is 101 Å². The van der Waals surface area contributed by atoms with Gasteiger partial charge in [-0.1, -0.05) is 13.8 Å². The second kappa shape index (κ2) is 9.60. The van der Waals surface area contributed by atoms with Gasteiger partial charge in [0, 0.05) is 32.7 Å². The van der Waals surface area contributed by atoms with Gasteiger partial charge in [0.25, 0.3) is 0 Å². The first-order chi connectivity index (χ1) is 7.65. The maximum atomic E-state index is 7.62. The summed E-state index contributed by atoms with van der Waals surface area (Å²) in [6, 6.07) is 0. The zero-order valence-electron chi connectivity index (χ0n) is 11.3. The van der Waals surface area contributed by atoms with Crippen LogP contribution < -0.4 is 5.32 Å². The van der Waals surface area contributed by atoms with Gasteiger partial charge in [0.05, 0.1) is 5.84 Å². The van der Waals surface area contributed by atoms with Crippen LogP contribution in [0.2, 0.25) is 0 Å². The Morgan fingerprint density at radius 2 is 1.75 bits per heavy atom. The molecule has 4 heteroatoms. The van der Waals surface area contributed by atoms with Crippen LogP contribution in [0.15, 0.2) is 0 Å². The lowest BCUT2D eigenvalue weighted by Crippen LogP contribution is -2.39. The van der Waals surface area contributed by atoms with Crippen molar-refractivity contribution < 1.29 is 0 Å². The van der Waals surface area contributed by atoms with Gasteiger partial charge in [-0.15, -0.1) is 0 Å². The molecule has 0 saturated carbocycles. The standard InChI is InChI=1S/C12H28N4/c1-5-14-8-9-15(6-2)10-11-16(7-3)12(4)13/h13-14H,5-11H2,1-4H3. The number of hydrogen-bond acceptors (Lipinski definition) is 3. The molecule has 0 bridgehead atoms. The van der Waals surface area contributed by atoms with Crippen LogP contribution in [0.1, 0.15) is 27.7 Å². The van der Waals surface area contributed by atoms with Crippen molar-refractivity contribution in [2.45, 2.75) is 27.7 Å². The van der Waals surface area contributed by atoms with Crippen LogP contribution in [-0.4, -0.2) is 61.4 Å². The van der Waals surface area contributed by atoms with Gasteiger partial charge in [0.1, 0.15) is 0 Å². The Hall–Kier alpha value is -0.610. The van der Waals surface area contributed by atoms with Crippen molar-refractivity contribution in [1.29, 1.82) is 5.41 Å². The normalized spacial score (nSPS) is 10.8. The molecule has 16 heavy (non-hydrogen) atoms. The molecular formula is C12H28N4. The molecule has 0 aromatic rings. The predicted molar refractivity (Wildman–Crippen MR) is 71.3 cm³/mol. The third-order valence-corrected chi connectivity index (χ3v) is 2.84. The quantitative estimate of drug-likeness (QED) is 0.354. The number of nitrogens with one attached hydrogen (secondary N) is 2. The van der Waals surface area contributed by atoms with Crippen molar-refractivity contribution in [3.63, 3.8) is 0 Å². The van der Waals surface area contributed by atoms with E-state index in [1.54, 1.807) is 0 Å². The highest BCUT2D eigenvalue weighted by Crippen LogP contribution is 1.93. The SMILES string of the molecule is CCNCCN(CC)CCN(CC)C(C)=N. The average molecular weight is 228 g/mol. The van der Waals surface area contributed by atoms with E-state index in [9.17, 15) is 0 Å². The molecule has 0 aliphatic carbocycles. The van der Waals surface area contributed by atoms with E-state index in [0.717, 1.165) is 45.8 Å². The van der Waals surface area contributed by atoms with E-state index in [1.165, 1.54) is 0 Å². The number of rotatable bonds is 9. The van der Waals surface area contributed by atoms with E-state index >= 15 is 0 Å². The van der Waals surface area contributed by atoms with Gasteiger partial charge < -0.3 is 15.1 Å². The van der Waals surface area contributed by atoms with Crippen LogP contribution in [0.4, 0.5) is 0 Å². The highest BCUT2D eigenvalue weighted by molar-refractivity contribution is 5.76. The average Bonchev–Trinajstić information content (AvgIpc) is 2.27. The molecule has 0 spiro atoms. The Bertz CT molecular complexity index is 182. The first-order valence-corrected chi connectivity index (χ1v) is 6.38. The van der Waals surface area contributed by atoms with Crippen molar-refractivity contribution >= 4 is 5.84 Å². The topological polar surface area (TPSA) is 42.4 Å². The first-order valence-electron chi connectivity index (χ1n) is 6.38. The van der Waals surface area contributed by atoms with Gasteiger partial charge in [-0.2, -0.15) is 0 Å². The van der Waals surface area contributed by atoms with E-state index in [4.69, 9.17) is 5.41 Å². The lowest BCUT2D eigenvalue weighted by Gasteiger charge is -2.26. The smallest absolute Gasteiger partial charge is 0.0926 e. The minimum Gasteiger partial charge on any atom is -0.360 e. The molecule has 0 radical (unpaired) electrons. The van der Waals surface area contributed by atoms with E-state index in [-0.39, 0.29) is 0 Å². The summed E-state index contributed by atoms with van der Waals surface area (Å²) in [5.41, 5.74) is 0. The van der Waals surface area contributed by atoms with Gasteiger partial charge in [-0.25, -0.2) is 0 Å². The summed E-state index contributed by atoms with van der Waals surface area (Å²) in [4.78, 5) is 4.53. The van der Waals surface area contributed by atoms with Gasteiger partial charge in [-0.3, -0.25) is 5.41 Å². The molecular weight excluding hydrogens is 200 g/mol. The van der Waals surface area contributed by atoms with Gasteiger partial charge >= 0.3 is 0 Å². The summed E-state index contributed by atoms with van der Waals surface area (Å²) in [6.45, 7) is 15.5. The molecule has 96 valence electrons. The van der Waals surface area contributed by atoms with Gasteiger partial charge in [0.15, 0.2) is 0 Å². The first kappa shape index (κ1) is 15.4. The van der Waals surface area contributed by atoms with Crippen molar-refractivity contribution in [3.05, 3.63) is 0 Å². The molecule has 0 saturated heterocycles. The Morgan fingerprint density at radius 1 is 1.06 bits per heavy atom. The van der Waals surface area contributed by atoms with Crippen molar-refractivity contribution in [2.24, 2.45) is 0 Å². The lowest BCUT2D eigenvalue weighted by molar-refractivity contribution is 0.259. The molecule has 0 unspecified atom stereocenters. The van der Waals surface area contributed by atoms with Gasteiger partial charge in [-0.05, 0) is 26.9 Å². The Kier molecular flexibility index (Phi) is 9.24. The van der Waals surface area contributed by atoms with Crippen LogP contribution in [0.25, 0.3) is 0 Å². The monoisotopic (exact) mass is 228 g/mol. The van der Waals surface area contributed by atoms with Crippen LogP contribution in [-0.2, 0) is 0 Å². The summed E-state index contributed by atoms with van der Waals surface area (Å²) >= 11 is 0. The summed E-state index contributed by atoms with van der Waals surface area (Å²) in [7, 11) is 0. The fourth-order valence-corrected chi connectivity index (χ4v) is 1.67. The minimum atomic E-state index is 0.672. The molecule has 0 aliphatic rings. The summed E-state index contributed by atoms with van der Waals surface area (Å²) < 4.78 is 0. The molecule has 0 aromatic carbocycles. The predicted octanol–water partition coefficient (Wildman–Crippen LogP) is 1.24. The maximum absolute atomic E-state index is 7.62. The minimum absolute atomic E-state index is 0.672. The van der Waals surface area contributed by atoms with Crippen molar-refractivity contribution in [3.8, 4) is 0 Å². The summed E-state index contributed by atoms with van der Waals surface area (Å²) in [6.07, 6.45) is 0. The highest BCUT2D eigenvalue weighted by atomic mass is 15.2. The van der Waals surface area contributed by atoms with E-state index in [2.05, 4.69) is 35.9 Å². The van der Waals surface area contributed by atoms with Crippen LogP contribution in [0.5, 0.6) is 0 Å². The van der Waals surface area contributed by atoms with Gasteiger partial charge in [0.2, 0.25) is 0 Å². The van der Waals surface area contributed by atoms with Crippen molar-refractivity contribution in [1.82, 2.24) is 15.1 Å². The fraction of sp³-hybridized carbons (Fsp3) is 0.917. The molecule has 2 N–H and O–H groups in total. The Morgan fingerprint density at radius 3 is 2.19 bits per heavy atom.